The second-order valence-corrected chi connectivity index (χ2v) is 6.40. The Bertz CT molecular complexity index is 817. The van der Waals surface area contributed by atoms with Crippen molar-refractivity contribution < 1.29 is 14.4 Å². The number of nitrogens with one attached hydrogen (secondary N) is 1. The van der Waals surface area contributed by atoms with Crippen molar-refractivity contribution in [3.05, 3.63) is 48.0 Å². The molecular formula is C16H13N3O3S. The zero-order valence-corrected chi connectivity index (χ0v) is 12.9. The number of nitrogens with zero attached hydrogens (tertiary/aromatic N) is 2. The Labute approximate surface area is 136 Å². The number of amides is 4. The summed E-state index contributed by atoms with van der Waals surface area (Å²) >= 11 is 1.42. The summed E-state index contributed by atoms with van der Waals surface area (Å²) in [5.74, 6) is -0.403. The fourth-order valence-electron chi connectivity index (χ4n) is 2.95. The van der Waals surface area contributed by atoms with Crippen molar-refractivity contribution in [3.63, 3.8) is 0 Å². The summed E-state index contributed by atoms with van der Waals surface area (Å²) in [4.78, 5) is 36.2. The van der Waals surface area contributed by atoms with Crippen LogP contribution in [0.4, 0.5) is 4.79 Å². The lowest BCUT2D eigenvalue weighted by Gasteiger charge is -2.30. The fraction of sp³-hybridized carbons (Fsp3) is 0.188. The molecule has 0 bridgehead atoms. The summed E-state index contributed by atoms with van der Waals surface area (Å²) in [6.07, 6.45) is 0. The Morgan fingerprint density at radius 1 is 1.00 bits per heavy atom. The highest BCUT2D eigenvalue weighted by atomic mass is 32.2. The van der Waals surface area contributed by atoms with Crippen molar-refractivity contribution >= 4 is 40.4 Å². The molecule has 0 aliphatic carbocycles. The Hall–Kier alpha value is -2.54. The van der Waals surface area contributed by atoms with E-state index in [-0.39, 0.29) is 23.6 Å². The van der Waals surface area contributed by atoms with Crippen LogP contribution in [-0.4, -0.2) is 40.2 Å². The number of urea groups is 1. The van der Waals surface area contributed by atoms with Crippen LogP contribution >= 0.6 is 11.8 Å². The Morgan fingerprint density at radius 3 is 2.57 bits per heavy atom. The lowest BCUT2D eigenvalue weighted by molar-refractivity contribution is -0.152. The first-order chi connectivity index (χ1) is 11.2. The number of imide groups is 1. The molecule has 0 saturated carbocycles. The molecule has 7 heteroatoms. The summed E-state index contributed by atoms with van der Waals surface area (Å²) < 4.78 is 0. The molecular weight excluding hydrogens is 314 g/mol. The minimum absolute atomic E-state index is 0.0739. The third-order valence-electron chi connectivity index (χ3n) is 3.97. The lowest BCUT2D eigenvalue weighted by atomic mass is 10.0. The average molecular weight is 327 g/mol. The first-order valence-electron chi connectivity index (χ1n) is 7.19. The molecule has 2 aliphatic heterocycles. The SMILES string of the molecule is O=C1CNC(=O)N1N1C(=O)CS[C@H]1c1cccc2ccccc12. The zero-order chi connectivity index (χ0) is 16.0. The number of benzene rings is 2. The number of carbonyl (C=O) groups excluding carboxylic acids is 3. The molecule has 2 aromatic rings. The number of hydrogen-bond donors (Lipinski definition) is 1. The molecule has 2 aliphatic rings. The number of fused-ring (bicyclic) bond motifs is 1. The molecule has 23 heavy (non-hydrogen) atoms. The van der Waals surface area contributed by atoms with Gasteiger partial charge in [0, 0.05) is 0 Å². The number of carbonyl (C=O) groups is 3. The summed E-state index contributed by atoms with van der Waals surface area (Å²) in [6, 6.07) is 13.2. The van der Waals surface area contributed by atoms with Crippen LogP contribution in [0, 0.1) is 0 Å². The van der Waals surface area contributed by atoms with E-state index in [4.69, 9.17) is 0 Å². The van der Waals surface area contributed by atoms with Crippen LogP contribution in [-0.2, 0) is 9.59 Å². The van der Waals surface area contributed by atoms with Crippen LogP contribution in [0.15, 0.2) is 42.5 Å². The maximum Gasteiger partial charge on any atom is 0.344 e. The monoisotopic (exact) mass is 327 g/mol. The molecule has 1 N–H and O–H groups in total. The van der Waals surface area contributed by atoms with Crippen molar-refractivity contribution in [2.75, 3.05) is 12.3 Å². The van der Waals surface area contributed by atoms with E-state index in [1.807, 2.05) is 42.5 Å². The predicted octanol–water partition coefficient (Wildman–Crippen LogP) is 1.88. The molecule has 2 aromatic carbocycles. The van der Waals surface area contributed by atoms with Gasteiger partial charge in [0.05, 0.1) is 5.75 Å². The van der Waals surface area contributed by atoms with Gasteiger partial charge in [-0.15, -0.1) is 11.8 Å². The molecule has 116 valence electrons. The van der Waals surface area contributed by atoms with E-state index in [0.29, 0.717) is 0 Å². The molecule has 2 heterocycles. The Morgan fingerprint density at radius 2 is 1.78 bits per heavy atom. The maximum absolute atomic E-state index is 12.3. The van der Waals surface area contributed by atoms with E-state index < -0.39 is 11.9 Å². The molecule has 0 spiro atoms. The van der Waals surface area contributed by atoms with Gasteiger partial charge in [0.2, 0.25) is 0 Å². The normalized spacial score (nSPS) is 21.4. The van der Waals surface area contributed by atoms with Gasteiger partial charge in [0.25, 0.3) is 11.8 Å². The van der Waals surface area contributed by atoms with Crippen LogP contribution in [0.3, 0.4) is 0 Å². The van der Waals surface area contributed by atoms with Crippen molar-refractivity contribution in [1.29, 1.82) is 0 Å². The minimum atomic E-state index is -0.545. The molecule has 4 rings (SSSR count). The summed E-state index contributed by atoms with van der Waals surface area (Å²) in [6.45, 7) is -0.0739. The van der Waals surface area contributed by atoms with Gasteiger partial charge in [-0.3, -0.25) is 9.59 Å². The van der Waals surface area contributed by atoms with Crippen LogP contribution in [0.1, 0.15) is 10.9 Å². The number of thioether (sulfide) groups is 1. The molecule has 2 fully saturated rings. The van der Waals surface area contributed by atoms with Gasteiger partial charge in [-0.1, -0.05) is 42.5 Å². The third-order valence-corrected chi connectivity index (χ3v) is 5.15. The highest BCUT2D eigenvalue weighted by Crippen LogP contribution is 2.42. The van der Waals surface area contributed by atoms with Gasteiger partial charge in [0.15, 0.2) is 0 Å². The summed E-state index contributed by atoms with van der Waals surface area (Å²) in [5.41, 5.74) is 0.923. The molecule has 0 radical (unpaired) electrons. The van der Waals surface area contributed by atoms with E-state index in [2.05, 4.69) is 5.32 Å². The van der Waals surface area contributed by atoms with Gasteiger partial charge in [-0.05, 0) is 16.3 Å². The van der Waals surface area contributed by atoms with Gasteiger partial charge in [0.1, 0.15) is 11.9 Å². The van der Waals surface area contributed by atoms with Gasteiger partial charge in [-0.25, -0.2) is 9.80 Å². The highest BCUT2D eigenvalue weighted by Gasteiger charge is 2.45. The van der Waals surface area contributed by atoms with E-state index >= 15 is 0 Å². The van der Waals surface area contributed by atoms with Crippen LogP contribution in [0.25, 0.3) is 10.8 Å². The molecule has 4 amide bonds. The van der Waals surface area contributed by atoms with Gasteiger partial charge in [-0.2, -0.15) is 5.01 Å². The topological polar surface area (TPSA) is 69.7 Å². The zero-order valence-electron chi connectivity index (χ0n) is 12.1. The number of rotatable bonds is 2. The van der Waals surface area contributed by atoms with E-state index in [9.17, 15) is 14.4 Å². The van der Waals surface area contributed by atoms with Crippen LogP contribution in [0.2, 0.25) is 0 Å². The predicted molar refractivity (Wildman–Crippen MR) is 86.2 cm³/mol. The van der Waals surface area contributed by atoms with Crippen molar-refractivity contribution in [2.24, 2.45) is 0 Å². The van der Waals surface area contributed by atoms with Gasteiger partial charge < -0.3 is 5.32 Å². The Balaban J connectivity index is 1.82. The molecule has 2 saturated heterocycles. The number of hydrogen-bond acceptors (Lipinski definition) is 4. The number of hydrazine groups is 1. The van der Waals surface area contributed by atoms with E-state index in [1.165, 1.54) is 16.8 Å². The first-order valence-corrected chi connectivity index (χ1v) is 8.24. The molecule has 6 nitrogen and oxygen atoms in total. The Kier molecular flexibility index (Phi) is 3.23. The molecule has 1 atom stereocenters. The maximum atomic E-state index is 12.3. The standard InChI is InChI=1S/C16H13N3O3S/c20-13-8-17-16(22)19(13)18-14(21)9-23-15(18)12-7-3-5-10-4-1-2-6-11(10)12/h1-7,15H,8-9H2,(H,17,22)/t15-/m0/s1. The van der Waals surface area contributed by atoms with E-state index in [1.54, 1.807) is 0 Å². The van der Waals surface area contributed by atoms with Gasteiger partial charge >= 0.3 is 6.03 Å². The van der Waals surface area contributed by atoms with Crippen LogP contribution in [0.5, 0.6) is 0 Å². The molecule has 0 unspecified atom stereocenters. The lowest BCUT2D eigenvalue weighted by Crippen LogP contribution is -2.48. The summed E-state index contributed by atoms with van der Waals surface area (Å²) in [5, 5.41) is 6.37. The average Bonchev–Trinajstić information content (AvgIpc) is 3.09. The summed E-state index contributed by atoms with van der Waals surface area (Å²) in [7, 11) is 0. The first kappa shape index (κ1) is 14.1. The third kappa shape index (κ3) is 2.16. The highest BCUT2D eigenvalue weighted by molar-refractivity contribution is 8.00. The smallest absolute Gasteiger partial charge is 0.327 e. The van der Waals surface area contributed by atoms with Crippen molar-refractivity contribution in [2.45, 2.75) is 5.37 Å². The second kappa shape index (κ2) is 5.27. The van der Waals surface area contributed by atoms with Crippen molar-refractivity contribution in [1.82, 2.24) is 15.3 Å². The van der Waals surface area contributed by atoms with Crippen molar-refractivity contribution in [3.8, 4) is 0 Å². The second-order valence-electron chi connectivity index (χ2n) is 5.33. The largest absolute Gasteiger partial charge is 0.344 e. The quantitative estimate of drug-likeness (QED) is 0.855. The molecule has 0 aromatic heterocycles. The van der Waals surface area contributed by atoms with E-state index in [0.717, 1.165) is 21.3 Å². The minimum Gasteiger partial charge on any atom is -0.327 e. The fourth-order valence-corrected chi connectivity index (χ4v) is 4.12. The van der Waals surface area contributed by atoms with Crippen LogP contribution < -0.4 is 5.32 Å².